The molecule has 0 aromatic carbocycles. The van der Waals surface area contributed by atoms with Crippen LogP contribution in [0.25, 0.3) is 0 Å². The Hall–Kier alpha value is -1.35. The van der Waals surface area contributed by atoms with Gasteiger partial charge < -0.3 is 10.2 Å². The lowest BCUT2D eigenvalue weighted by molar-refractivity contribution is 0.674. The number of anilines is 1. The van der Waals surface area contributed by atoms with Crippen LogP contribution in [0.1, 0.15) is 18.5 Å². The van der Waals surface area contributed by atoms with Crippen molar-refractivity contribution in [3.63, 3.8) is 0 Å². The zero-order valence-corrected chi connectivity index (χ0v) is 9.82. The molecule has 1 fully saturated rings. The molecule has 3 nitrogen and oxygen atoms in total. The van der Waals surface area contributed by atoms with E-state index in [1.54, 1.807) is 0 Å². The molecule has 1 aromatic heterocycles. The fraction of sp³-hybridized carbons (Fsp3) is 0.462. The average Bonchev–Trinajstić information content (AvgIpc) is 3.11. The Morgan fingerprint density at radius 3 is 3.12 bits per heavy atom. The van der Waals surface area contributed by atoms with Crippen molar-refractivity contribution < 1.29 is 0 Å². The van der Waals surface area contributed by atoms with Crippen LogP contribution in [-0.4, -0.2) is 24.6 Å². The maximum Gasteiger partial charge on any atom is 0.0562 e. The van der Waals surface area contributed by atoms with Crippen LogP contribution < -0.4 is 10.2 Å². The van der Waals surface area contributed by atoms with Gasteiger partial charge in [-0.3, -0.25) is 4.98 Å². The number of likely N-dealkylation sites (N-methyl/N-ethyl adjacent to an activating group) is 1. The van der Waals surface area contributed by atoms with Gasteiger partial charge in [-0.15, -0.1) is 6.58 Å². The van der Waals surface area contributed by atoms with Crippen LogP contribution in [0.15, 0.2) is 31.0 Å². The molecule has 0 bridgehead atoms. The van der Waals surface area contributed by atoms with Crippen molar-refractivity contribution in [2.75, 3.05) is 18.5 Å². The van der Waals surface area contributed by atoms with Gasteiger partial charge in [-0.25, -0.2) is 0 Å². The highest BCUT2D eigenvalue weighted by Gasteiger charge is 2.20. The van der Waals surface area contributed by atoms with Crippen LogP contribution in [0, 0.1) is 0 Å². The molecule has 1 N–H and O–H groups in total. The van der Waals surface area contributed by atoms with Crippen LogP contribution >= 0.6 is 0 Å². The summed E-state index contributed by atoms with van der Waals surface area (Å²) in [4.78, 5) is 6.53. The first-order valence-corrected chi connectivity index (χ1v) is 5.80. The van der Waals surface area contributed by atoms with E-state index in [1.165, 1.54) is 18.5 Å². The zero-order valence-electron chi connectivity index (χ0n) is 9.82. The first kappa shape index (κ1) is 11.1. The third-order valence-corrected chi connectivity index (χ3v) is 2.79. The van der Waals surface area contributed by atoms with Crippen molar-refractivity contribution in [2.24, 2.45) is 0 Å². The van der Waals surface area contributed by atoms with Crippen molar-refractivity contribution in [3.05, 3.63) is 36.7 Å². The smallest absolute Gasteiger partial charge is 0.0562 e. The SMILES string of the molecule is C=CCN(C)c1ccnc(CNC2CC2)c1. The standard InChI is InChI=1S/C13H19N3/c1-3-8-16(2)13-6-7-14-12(9-13)10-15-11-4-5-11/h3,6-7,9,11,15H,1,4-5,8,10H2,2H3. The largest absolute Gasteiger partial charge is 0.371 e. The van der Waals surface area contributed by atoms with Gasteiger partial charge in [-0.1, -0.05) is 6.08 Å². The van der Waals surface area contributed by atoms with Crippen molar-refractivity contribution in [2.45, 2.75) is 25.4 Å². The fourth-order valence-corrected chi connectivity index (χ4v) is 1.63. The molecular formula is C13H19N3. The average molecular weight is 217 g/mol. The number of nitrogens with zero attached hydrogens (tertiary/aromatic N) is 2. The van der Waals surface area contributed by atoms with Crippen LogP contribution in [0.2, 0.25) is 0 Å². The van der Waals surface area contributed by atoms with E-state index in [-0.39, 0.29) is 0 Å². The zero-order chi connectivity index (χ0) is 11.4. The monoisotopic (exact) mass is 217 g/mol. The molecule has 1 heterocycles. The Morgan fingerprint density at radius 2 is 2.44 bits per heavy atom. The Balaban J connectivity index is 1.96. The van der Waals surface area contributed by atoms with Gasteiger partial charge in [0.05, 0.1) is 5.69 Å². The molecule has 86 valence electrons. The Kier molecular flexibility index (Phi) is 3.57. The second-order valence-corrected chi connectivity index (χ2v) is 4.33. The summed E-state index contributed by atoms with van der Waals surface area (Å²) >= 11 is 0. The van der Waals surface area contributed by atoms with E-state index in [2.05, 4.69) is 34.9 Å². The maximum atomic E-state index is 4.37. The molecule has 1 aliphatic rings. The molecule has 1 aliphatic carbocycles. The fourth-order valence-electron chi connectivity index (χ4n) is 1.63. The second kappa shape index (κ2) is 5.12. The van der Waals surface area contributed by atoms with Gasteiger partial charge in [0.15, 0.2) is 0 Å². The third-order valence-electron chi connectivity index (χ3n) is 2.79. The molecule has 0 saturated heterocycles. The van der Waals surface area contributed by atoms with Gasteiger partial charge in [0, 0.05) is 38.1 Å². The Morgan fingerprint density at radius 1 is 1.62 bits per heavy atom. The van der Waals surface area contributed by atoms with E-state index >= 15 is 0 Å². The number of rotatable bonds is 6. The summed E-state index contributed by atoms with van der Waals surface area (Å²) in [5.41, 5.74) is 2.31. The number of nitrogens with one attached hydrogen (secondary N) is 1. The number of aromatic nitrogens is 1. The lowest BCUT2D eigenvalue weighted by Crippen LogP contribution is -2.19. The summed E-state index contributed by atoms with van der Waals surface area (Å²) < 4.78 is 0. The summed E-state index contributed by atoms with van der Waals surface area (Å²) in [6.07, 6.45) is 6.41. The van der Waals surface area contributed by atoms with Crippen LogP contribution in [0.4, 0.5) is 5.69 Å². The first-order chi connectivity index (χ1) is 7.79. The van der Waals surface area contributed by atoms with E-state index < -0.39 is 0 Å². The minimum Gasteiger partial charge on any atom is -0.371 e. The van der Waals surface area contributed by atoms with E-state index in [9.17, 15) is 0 Å². The van der Waals surface area contributed by atoms with Crippen LogP contribution in [0.5, 0.6) is 0 Å². The van der Waals surface area contributed by atoms with Crippen LogP contribution in [-0.2, 0) is 6.54 Å². The summed E-state index contributed by atoms with van der Waals surface area (Å²) in [6, 6.07) is 4.90. The summed E-state index contributed by atoms with van der Waals surface area (Å²) in [5, 5.41) is 3.47. The van der Waals surface area contributed by atoms with Gasteiger partial charge in [-0.05, 0) is 25.0 Å². The van der Waals surface area contributed by atoms with E-state index in [0.29, 0.717) is 0 Å². The minimum atomic E-state index is 0.733. The summed E-state index contributed by atoms with van der Waals surface area (Å²) in [5.74, 6) is 0. The lowest BCUT2D eigenvalue weighted by atomic mass is 10.3. The molecule has 0 atom stereocenters. The molecular weight excluding hydrogens is 198 g/mol. The number of hydrogen-bond acceptors (Lipinski definition) is 3. The molecule has 2 rings (SSSR count). The second-order valence-electron chi connectivity index (χ2n) is 4.33. The van der Waals surface area contributed by atoms with Crippen molar-refractivity contribution in [3.8, 4) is 0 Å². The molecule has 0 aliphatic heterocycles. The van der Waals surface area contributed by atoms with Crippen LogP contribution in [0.3, 0.4) is 0 Å². The topological polar surface area (TPSA) is 28.2 Å². The highest BCUT2D eigenvalue weighted by molar-refractivity contribution is 5.46. The number of hydrogen-bond donors (Lipinski definition) is 1. The molecule has 0 amide bonds. The van der Waals surface area contributed by atoms with E-state index in [0.717, 1.165) is 24.8 Å². The van der Waals surface area contributed by atoms with Crippen molar-refractivity contribution in [1.82, 2.24) is 10.3 Å². The predicted molar refractivity (Wildman–Crippen MR) is 67.6 cm³/mol. The van der Waals surface area contributed by atoms with Gasteiger partial charge in [0.1, 0.15) is 0 Å². The highest BCUT2D eigenvalue weighted by Crippen LogP contribution is 2.19. The predicted octanol–water partition coefficient (Wildman–Crippen LogP) is 1.96. The quantitative estimate of drug-likeness (QED) is 0.738. The van der Waals surface area contributed by atoms with Gasteiger partial charge in [-0.2, -0.15) is 0 Å². The van der Waals surface area contributed by atoms with Crippen molar-refractivity contribution in [1.29, 1.82) is 0 Å². The van der Waals surface area contributed by atoms with E-state index in [1.807, 2.05) is 18.3 Å². The first-order valence-electron chi connectivity index (χ1n) is 5.80. The van der Waals surface area contributed by atoms with Gasteiger partial charge in [0.25, 0.3) is 0 Å². The molecule has 0 radical (unpaired) electrons. The Bertz CT molecular complexity index is 358. The van der Waals surface area contributed by atoms with Gasteiger partial charge in [0.2, 0.25) is 0 Å². The summed E-state index contributed by atoms with van der Waals surface area (Å²) in [6.45, 7) is 5.48. The molecule has 0 unspecified atom stereocenters. The third kappa shape index (κ3) is 3.07. The highest BCUT2D eigenvalue weighted by atomic mass is 15.1. The normalized spacial score (nSPS) is 14.8. The van der Waals surface area contributed by atoms with E-state index in [4.69, 9.17) is 0 Å². The molecule has 0 spiro atoms. The number of pyridine rings is 1. The lowest BCUT2D eigenvalue weighted by Gasteiger charge is -2.17. The Labute approximate surface area is 97.2 Å². The molecule has 16 heavy (non-hydrogen) atoms. The molecule has 1 saturated carbocycles. The maximum absolute atomic E-state index is 4.37. The molecule has 3 heteroatoms. The summed E-state index contributed by atoms with van der Waals surface area (Å²) in [7, 11) is 2.06. The molecule has 1 aromatic rings. The minimum absolute atomic E-state index is 0.733. The van der Waals surface area contributed by atoms with Gasteiger partial charge >= 0.3 is 0 Å². The van der Waals surface area contributed by atoms with Crippen molar-refractivity contribution >= 4 is 5.69 Å².